The summed E-state index contributed by atoms with van der Waals surface area (Å²) in [7, 11) is 0. The molecule has 2 nitrogen and oxygen atoms in total. The fraction of sp³-hybridized carbons (Fsp3) is 0.364. The molecule has 3 heteroatoms. The molecular formula is C11H12FNO. The van der Waals surface area contributed by atoms with Crippen LogP contribution in [0, 0.1) is 11.7 Å². The zero-order chi connectivity index (χ0) is 10.3. The van der Waals surface area contributed by atoms with Crippen molar-refractivity contribution < 1.29 is 9.18 Å². The second-order valence-corrected chi connectivity index (χ2v) is 3.92. The lowest BCUT2D eigenvalue weighted by Crippen LogP contribution is -2.16. The highest BCUT2D eigenvalue weighted by molar-refractivity contribution is 6.03. The standard InChI is InChI=1S/C11H12FNO/c1-6(2)9-7-4-3-5-8(12)10(7)13-11(9)14/h3-6,9H,1-2H3,(H,13,14)/t9-/m1/s1. The van der Waals surface area contributed by atoms with Crippen LogP contribution in [0.3, 0.4) is 0 Å². The van der Waals surface area contributed by atoms with Gasteiger partial charge in [0.1, 0.15) is 5.82 Å². The lowest BCUT2D eigenvalue weighted by atomic mass is 9.90. The lowest BCUT2D eigenvalue weighted by molar-refractivity contribution is -0.117. The molecule has 1 aromatic carbocycles. The van der Waals surface area contributed by atoms with Crippen molar-refractivity contribution in [2.24, 2.45) is 5.92 Å². The summed E-state index contributed by atoms with van der Waals surface area (Å²) in [5.74, 6) is -0.460. The molecule has 1 heterocycles. The number of carbonyl (C=O) groups is 1. The number of hydrogen-bond donors (Lipinski definition) is 1. The molecule has 1 atom stereocenters. The number of halogens is 1. The van der Waals surface area contributed by atoms with E-state index < -0.39 is 0 Å². The molecule has 0 saturated heterocycles. The van der Waals surface area contributed by atoms with Crippen LogP contribution in [0.5, 0.6) is 0 Å². The molecule has 1 aliphatic rings. The second kappa shape index (κ2) is 3.08. The van der Waals surface area contributed by atoms with Gasteiger partial charge >= 0.3 is 0 Å². The Labute approximate surface area is 82.1 Å². The molecule has 0 aromatic heterocycles. The Morgan fingerprint density at radius 1 is 1.43 bits per heavy atom. The van der Waals surface area contributed by atoms with Gasteiger partial charge in [0, 0.05) is 0 Å². The number of hydrogen-bond acceptors (Lipinski definition) is 1. The van der Waals surface area contributed by atoms with E-state index in [0.717, 1.165) is 5.56 Å². The van der Waals surface area contributed by atoms with Gasteiger partial charge in [0.25, 0.3) is 0 Å². The summed E-state index contributed by atoms with van der Waals surface area (Å²) in [6, 6.07) is 4.81. The van der Waals surface area contributed by atoms with E-state index in [-0.39, 0.29) is 23.6 Å². The van der Waals surface area contributed by atoms with Gasteiger partial charge in [-0.3, -0.25) is 4.79 Å². The first-order chi connectivity index (χ1) is 6.61. The zero-order valence-corrected chi connectivity index (χ0v) is 8.17. The first-order valence-corrected chi connectivity index (χ1v) is 4.70. The Morgan fingerprint density at radius 2 is 2.14 bits per heavy atom. The van der Waals surface area contributed by atoms with Gasteiger partial charge in [-0.15, -0.1) is 0 Å². The van der Waals surface area contributed by atoms with E-state index in [0.29, 0.717) is 5.69 Å². The van der Waals surface area contributed by atoms with Crippen LogP contribution in [0.4, 0.5) is 10.1 Å². The van der Waals surface area contributed by atoms with Crippen molar-refractivity contribution in [1.29, 1.82) is 0 Å². The van der Waals surface area contributed by atoms with Gasteiger partial charge in [0.05, 0.1) is 11.6 Å². The van der Waals surface area contributed by atoms with Crippen molar-refractivity contribution in [3.05, 3.63) is 29.6 Å². The maximum Gasteiger partial charge on any atom is 0.232 e. The van der Waals surface area contributed by atoms with E-state index in [4.69, 9.17) is 0 Å². The number of carbonyl (C=O) groups excluding carboxylic acids is 1. The third kappa shape index (κ3) is 1.20. The zero-order valence-electron chi connectivity index (χ0n) is 8.17. The fourth-order valence-corrected chi connectivity index (χ4v) is 1.94. The minimum Gasteiger partial charge on any atom is -0.323 e. The van der Waals surface area contributed by atoms with E-state index in [2.05, 4.69) is 5.32 Å². The maximum absolute atomic E-state index is 13.3. The van der Waals surface area contributed by atoms with Gasteiger partial charge in [0.15, 0.2) is 0 Å². The quantitative estimate of drug-likeness (QED) is 0.729. The fourth-order valence-electron chi connectivity index (χ4n) is 1.94. The Kier molecular flexibility index (Phi) is 2.02. The molecule has 0 aliphatic carbocycles. The predicted octanol–water partition coefficient (Wildman–Crippen LogP) is 2.52. The molecule has 0 bridgehead atoms. The Hall–Kier alpha value is -1.38. The molecule has 1 aromatic rings. The van der Waals surface area contributed by atoms with Crippen molar-refractivity contribution in [1.82, 2.24) is 0 Å². The molecule has 0 radical (unpaired) electrons. The predicted molar refractivity (Wildman–Crippen MR) is 52.6 cm³/mol. The molecule has 74 valence electrons. The van der Waals surface area contributed by atoms with Crippen LogP contribution in [0.1, 0.15) is 25.3 Å². The van der Waals surface area contributed by atoms with E-state index in [1.807, 2.05) is 13.8 Å². The number of anilines is 1. The van der Waals surface area contributed by atoms with Crippen LogP contribution in [-0.2, 0) is 4.79 Å². The smallest absolute Gasteiger partial charge is 0.232 e. The highest BCUT2D eigenvalue weighted by atomic mass is 19.1. The summed E-state index contributed by atoms with van der Waals surface area (Å²) in [6.07, 6.45) is 0. The van der Waals surface area contributed by atoms with Crippen LogP contribution in [0.25, 0.3) is 0 Å². The molecule has 14 heavy (non-hydrogen) atoms. The van der Waals surface area contributed by atoms with Crippen LogP contribution in [-0.4, -0.2) is 5.91 Å². The van der Waals surface area contributed by atoms with E-state index in [9.17, 15) is 9.18 Å². The number of rotatable bonds is 1. The van der Waals surface area contributed by atoms with Gasteiger partial charge in [-0.05, 0) is 17.5 Å². The lowest BCUT2D eigenvalue weighted by Gasteiger charge is -2.11. The Bertz CT molecular complexity index is 387. The highest BCUT2D eigenvalue weighted by Gasteiger charge is 2.34. The van der Waals surface area contributed by atoms with Crippen molar-refractivity contribution >= 4 is 11.6 Å². The van der Waals surface area contributed by atoms with Gasteiger partial charge in [-0.25, -0.2) is 4.39 Å². The third-order valence-electron chi connectivity index (χ3n) is 2.58. The van der Waals surface area contributed by atoms with Crippen LogP contribution < -0.4 is 5.32 Å². The minimum atomic E-state index is -0.348. The minimum absolute atomic E-state index is 0.0971. The second-order valence-electron chi connectivity index (χ2n) is 3.92. The van der Waals surface area contributed by atoms with Crippen molar-refractivity contribution in [2.75, 3.05) is 5.32 Å². The average Bonchev–Trinajstić information content (AvgIpc) is 2.42. The Morgan fingerprint density at radius 3 is 2.79 bits per heavy atom. The number of nitrogens with one attached hydrogen (secondary N) is 1. The van der Waals surface area contributed by atoms with Crippen LogP contribution in [0.2, 0.25) is 0 Å². The van der Waals surface area contributed by atoms with Crippen molar-refractivity contribution in [3.63, 3.8) is 0 Å². The Balaban J connectivity index is 2.53. The van der Waals surface area contributed by atoms with E-state index in [1.54, 1.807) is 12.1 Å². The summed E-state index contributed by atoms with van der Waals surface area (Å²) < 4.78 is 13.3. The summed E-state index contributed by atoms with van der Waals surface area (Å²) in [5, 5.41) is 2.58. The summed E-state index contributed by atoms with van der Waals surface area (Å²) in [5.41, 5.74) is 1.14. The van der Waals surface area contributed by atoms with E-state index in [1.165, 1.54) is 6.07 Å². The number of para-hydroxylation sites is 1. The summed E-state index contributed by atoms with van der Waals surface area (Å²) >= 11 is 0. The molecule has 1 aliphatic heterocycles. The van der Waals surface area contributed by atoms with Crippen molar-refractivity contribution in [3.8, 4) is 0 Å². The van der Waals surface area contributed by atoms with E-state index >= 15 is 0 Å². The average molecular weight is 193 g/mol. The largest absolute Gasteiger partial charge is 0.323 e. The molecular weight excluding hydrogens is 181 g/mol. The van der Waals surface area contributed by atoms with Gasteiger partial charge in [-0.2, -0.15) is 0 Å². The molecule has 1 N–H and O–H groups in total. The summed E-state index contributed by atoms with van der Waals surface area (Å²) in [4.78, 5) is 11.5. The van der Waals surface area contributed by atoms with Crippen LogP contribution in [0.15, 0.2) is 18.2 Å². The molecule has 0 saturated carbocycles. The molecule has 2 rings (SSSR count). The molecule has 1 amide bonds. The van der Waals surface area contributed by atoms with Crippen LogP contribution >= 0.6 is 0 Å². The van der Waals surface area contributed by atoms with Gasteiger partial charge in [-0.1, -0.05) is 26.0 Å². The third-order valence-corrected chi connectivity index (χ3v) is 2.58. The molecule has 0 spiro atoms. The number of amides is 1. The summed E-state index contributed by atoms with van der Waals surface area (Å²) in [6.45, 7) is 3.93. The molecule has 0 fully saturated rings. The van der Waals surface area contributed by atoms with Gasteiger partial charge < -0.3 is 5.32 Å². The topological polar surface area (TPSA) is 29.1 Å². The normalized spacial score (nSPS) is 19.7. The number of fused-ring (bicyclic) bond motifs is 1. The first-order valence-electron chi connectivity index (χ1n) is 4.70. The molecule has 0 unspecified atom stereocenters. The van der Waals surface area contributed by atoms with Gasteiger partial charge in [0.2, 0.25) is 5.91 Å². The maximum atomic E-state index is 13.3. The SMILES string of the molecule is CC(C)[C@H]1C(=O)Nc2c(F)cccc21. The first kappa shape index (κ1) is 9.19. The number of benzene rings is 1. The highest BCUT2D eigenvalue weighted by Crippen LogP contribution is 2.38. The van der Waals surface area contributed by atoms with Crippen molar-refractivity contribution in [2.45, 2.75) is 19.8 Å². The monoisotopic (exact) mass is 193 g/mol.